The molecular weight excluding hydrogens is 390 g/mol. The van der Waals surface area contributed by atoms with E-state index in [1.54, 1.807) is 24.3 Å². The summed E-state index contributed by atoms with van der Waals surface area (Å²) in [6, 6.07) is 6.49. The smallest absolute Gasteiger partial charge is 0.279 e. The van der Waals surface area contributed by atoms with Gasteiger partial charge in [-0.2, -0.15) is 4.31 Å². The van der Waals surface area contributed by atoms with E-state index in [0.717, 1.165) is 24.9 Å². The summed E-state index contributed by atoms with van der Waals surface area (Å²) in [5.41, 5.74) is 0.642. The number of likely N-dealkylation sites (tertiary alicyclic amines) is 1. The van der Waals surface area contributed by atoms with Gasteiger partial charge in [0.25, 0.3) is 5.91 Å². The fraction of sp³-hybridized carbons (Fsp3) is 0.667. The number of morpholine rings is 1. The number of amides is 1. The summed E-state index contributed by atoms with van der Waals surface area (Å²) in [6.45, 7) is 4.27. The fourth-order valence-corrected chi connectivity index (χ4v) is 6.44. The second-order valence-electron chi connectivity index (χ2n) is 8.56. The fourth-order valence-electron chi connectivity index (χ4n) is 5.03. The van der Waals surface area contributed by atoms with Crippen LogP contribution < -0.4 is 10.2 Å². The van der Waals surface area contributed by atoms with Crippen LogP contribution in [-0.4, -0.2) is 64.6 Å². The van der Waals surface area contributed by atoms with E-state index in [2.05, 4.69) is 5.32 Å². The number of sulfonamides is 1. The lowest BCUT2D eigenvalue weighted by Crippen LogP contribution is -3.15. The molecule has 2 saturated heterocycles. The molecule has 1 unspecified atom stereocenters. The van der Waals surface area contributed by atoms with Crippen LogP contribution in [0.3, 0.4) is 0 Å². The summed E-state index contributed by atoms with van der Waals surface area (Å²) in [4.78, 5) is 14.1. The number of carbonyl (C=O) groups is 1. The van der Waals surface area contributed by atoms with Crippen molar-refractivity contribution in [3.8, 4) is 0 Å². The summed E-state index contributed by atoms with van der Waals surface area (Å²) in [5.74, 6) is 1.65. The summed E-state index contributed by atoms with van der Waals surface area (Å²) in [5, 5.41) is 2.93. The Bertz CT molecular complexity index is 806. The number of hydrogen-bond acceptors (Lipinski definition) is 4. The van der Waals surface area contributed by atoms with Crippen LogP contribution in [0.15, 0.2) is 29.2 Å². The number of nitrogens with one attached hydrogen (secondary N) is 2. The first-order chi connectivity index (χ1) is 14.0. The van der Waals surface area contributed by atoms with Gasteiger partial charge in [0.2, 0.25) is 10.0 Å². The minimum absolute atomic E-state index is 0.00181. The molecule has 1 saturated carbocycles. The zero-order valence-electron chi connectivity index (χ0n) is 16.9. The standard InChI is InChI=1S/C21H31N3O4S/c25-21(16-23-10-9-17-3-1-2-4-18(17)15-23)22-19-5-7-20(8-6-19)29(26,27)24-11-13-28-14-12-24/h5-8,17-18H,1-4,9-16H2,(H,22,25)/p+1/t17-,18-/m1/s1. The molecule has 0 spiro atoms. The Morgan fingerprint density at radius 2 is 1.76 bits per heavy atom. The number of quaternary nitrogens is 1. The number of hydrogen-bond donors (Lipinski definition) is 2. The van der Waals surface area contributed by atoms with Gasteiger partial charge in [-0.15, -0.1) is 0 Å². The minimum atomic E-state index is -3.50. The molecule has 1 aliphatic carbocycles. The van der Waals surface area contributed by atoms with Gasteiger partial charge in [0.15, 0.2) is 6.54 Å². The maximum absolute atomic E-state index is 12.7. The van der Waals surface area contributed by atoms with Crippen molar-refractivity contribution >= 4 is 21.6 Å². The van der Waals surface area contributed by atoms with Crippen molar-refractivity contribution in [1.29, 1.82) is 0 Å². The Hall–Kier alpha value is -1.48. The Kier molecular flexibility index (Phi) is 6.53. The highest BCUT2D eigenvalue weighted by molar-refractivity contribution is 7.89. The van der Waals surface area contributed by atoms with Crippen molar-refractivity contribution in [2.24, 2.45) is 11.8 Å². The number of nitrogens with zero attached hydrogens (tertiary/aromatic N) is 1. The zero-order chi connectivity index (χ0) is 20.3. The van der Waals surface area contributed by atoms with E-state index in [0.29, 0.717) is 38.5 Å². The highest BCUT2D eigenvalue weighted by Gasteiger charge is 2.34. The van der Waals surface area contributed by atoms with Gasteiger partial charge >= 0.3 is 0 Å². The molecule has 0 bridgehead atoms. The lowest BCUT2D eigenvalue weighted by Gasteiger charge is -2.38. The topological polar surface area (TPSA) is 80.2 Å². The van der Waals surface area contributed by atoms with E-state index in [-0.39, 0.29) is 10.8 Å². The predicted molar refractivity (Wildman–Crippen MR) is 110 cm³/mol. The second-order valence-corrected chi connectivity index (χ2v) is 10.5. The maximum atomic E-state index is 12.7. The molecule has 2 heterocycles. The molecular formula is C21H32N3O4S+. The number of carbonyl (C=O) groups excluding carboxylic acids is 1. The highest BCUT2D eigenvalue weighted by Crippen LogP contribution is 2.32. The van der Waals surface area contributed by atoms with Gasteiger partial charge < -0.3 is 15.0 Å². The molecule has 2 N–H and O–H groups in total. The first-order valence-electron chi connectivity index (χ1n) is 10.8. The maximum Gasteiger partial charge on any atom is 0.279 e. The van der Waals surface area contributed by atoms with Gasteiger partial charge in [-0.25, -0.2) is 8.42 Å². The molecule has 3 fully saturated rings. The van der Waals surface area contributed by atoms with Crippen LogP contribution in [0.2, 0.25) is 0 Å². The average Bonchev–Trinajstić information content (AvgIpc) is 2.74. The Morgan fingerprint density at radius 3 is 2.48 bits per heavy atom. The molecule has 1 amide bonds. The van der Waals surface area contributed by atoms with Crippen LogP contribution in [0, 0.1) is 11.8 Å². The summed E-state index contributed by atoms with van der Waals surface area (Å²) >= 11 is 0. The second kappa shape index (κ2) is 9.12. The van der Waals surface area contributed by atoms with Gasteiger partial charge in [0, 0.05) is 24.7 Å². The molecule has 29 heavy (non-hydrogen) atoms. The number of ether oxygens (including phenoxy) is 1. The van der Waals surface area contributed by atoms with Gasteiger partial charge in [0.1, 0.15) is 0 Å². The van der Waals surface area contributed by atoms with Gasteiger partial charge in [-0.3, -0.25) is 4.79 Å². The summed E-state index contributed by atoms with van der Waals surface area (Å²) in [7, 11) is -3.50. The molecule has 0 aromatic heterocycles. The molecule has 4 rings (SSSR count). The molecule has 7 nitrogen and oxygen atoms in total. The normalized spacial score (nSPS) is 28.5. The molecule has 2 aliphatic heterocycles. The molecule has 160 valence electrons. The van der Waals surface area contributed by atoms with E-state index in [1.165, 1.54) is 41.3 Å². The lowest BCUT2D eigenvalue weighted by atomic mass is 9.75. The van der Waals surface area contributed by atoms with Crippen molar-refractivity contribution in [2.45, 2.75) is 37.0 Å². The molecule has 3 aliphatic rings. The number of rotatable bonds is 5. The minimum Gasteiger partial charge on any atom is -0.379 e. The first-order valence-corrected chi connectivity index (χ1v) is 12.3. The van der Waals surface area contributed by atoms with Crippen molar-refractivity contribution in [3.63, 3.8) is 0 Å². The van der Waals surface area contributed by atoms with Crippen LogP contribution in [-0.2, 0) is 19.6 Å². The highest BCUT2D eigenvalue weighted by atomic mass is 32.2. The third kappa shape index (κ3) is 4.99. The first kappa shape index (κ1) is 20.8. The van der Waals surface area contributed by atoms with Crippen molar-refractivity contribution in [2.75, 3.05) is 51.3 Å². The number of benzene rings is 1. The summed E-state index contributed by atoms with van der Waals surface area (Å²) < 4.78 is 32.0. The van der Waals surface area contributed by atoms with E-state index < -0.39 is 10.0 Å². The Balaban J connectivity index is 1.31. The van der Waals surface area contributed by atoms with Crippen LogP contribution >= 0.6 is 0 Å². The Labute approximate surface area is 173 Å². The van der Waals surface area contributed by atoms with Crippen molar-refractivity contribution in [3.05, 3.63) is 24.3 Å². The quantitative estimate of drug-likeness (QED) is 0.734. The molecule has 3 atom stereocenters. The van der Waals surface area contributed by atoms with Crippen LogP contribution in [0.25, 0.3) is 0 Å². The van der Waals surface area contributed by atoms with Gasteiger partial charge in [-0.1, -0.05) is 12.8 Å². The SMILES string of the molecule is O=C(C[NH+]1CC[C@H]2CCCC[C@@H]2C1)Nc1ccc(S(=O)(=O)N2CCOCC2)cc1. The Morgan fingerprint density at radius 1 is 1.07 bits per heavy atom. The van der Waals surface area contributed by atoms with Crippen molar-refractivity contribution < 1.29 is 22.8 Å². The number of anilines is 1. The summed E-state index contributed by atoms with van der Waals surface area (Å²) in [6.07, 6.45) is 6.62. The van der Waals surface area contributed by atoms with Crippen molar-refractivity contribution in [1.82, 2.24) is 4.31 Å². The van der Waals surface area contributed by atoms with Crippen LogP contribution in [0.5, 0.6) is 0 Å². The zero-order valence-corrected chi connectivity index (χ0v) is 17.8. The third-order valence-electron chi connectivity index (χ3n) is 6.64. The number of fused-ring (bicyclic) bond motifs is 1. The average molecular weight is 423 g/mol. The van der Waals surface area contributed by atoms with E-state index in [9.17, 15) is 13.2 Å². The predicted octanol–water partition coefficient (Wildman–Crippen LogP) is 0.741. The van der Waals surface area contributed by atoms with E-state index >= 15 is 0 Å². The largest absolute Gasteiger partial charge is 0.379 e. The van der Waals surface area contributed by atoms with Crippen LogP contribution in [0.1, 0.15) is 32.1 Å². The van der Waals surface area contributed by atoms with E-state index in [4.69, 9.17) is 4.74 Å². The monoisotopic (exact) mass is 422 g/mol. The van der Waals surface area contributed by atoms with E-state index in [1.807, 2.05) is 0 Å². The van der Waals surface area contributed by atoms with Gasteiger partial charge in [-0.05, 0) is 49.4 Å². The molecule has 1 aromatic carbocycles. The third-order valence-corrected chi connectivity index (χ3v) is 8.56. The molecule has 1 aromatic rings. The lowest BCUT2D eigenvalue weighted by molar-refractivity contribution is -0.902. The molecule has 0 radical (unpaired) electrons. The number of piperidine rings is 1. The molecule has 8 heteroatoms. The van der Waals surface area contributed by atoms with Gasteiger partial charge in [0.05, 0.1) is 31.2 Å². The van der Waals surface area contributed by atoms with Crippen LogP contribution in [0.4, 0.5) is 5.69 Å².